The normalized spacial score (nSPS) is 15.4. The monoisotopic (exact) mass is 890 g/mol. The van der Waals surface area contributed by atoms with Crippen LogP contribution in [0.4, 0.5) is 5.69 Å². The summed E-state index contributed by atoms with van der Waals surface area (Å²) in [6.07, 6.45) is 2.56. The number of aliphatic hydroxyl groups excluding tert-OH is 1. The lowest BCUT2D eigenvalue weighted by Crippen LogP contribution is -2.49. The molecule has 5 aromatic rings. The molecule has 0 aromatic heterocycles. The summed E-state index contributed by atoms with van der Waals surface area (Å²) >= 11 is 0. The Hall–Kier alpha value is -6.39. The molecule has 5 aromatic carbocycles. The number of nitrogens with two attached hydrogens (primary N) is 2. The van der Waals surface area contributed by atoms with Crippen LogP contribution >= 0.6 is 0 Å². The molecule has 6 rings (SSSR count). The van der Waals surface area contributed by atoms with E-state index in [1.54, 1.807) is 18.2 Å². The lowest BCUT2D eigenvalue weighted by Gasteiger charge is -2.26. The predicted molar refractivity (Wildman–Crippen MR) is 249 cm³/mol. The number of hydrogen-bond acceptors (Lipinski definition) is 9. The molecular weight excluding hydrogens is 833 g/mol. The molecule has 0 aliphatic carbocycles. The van der Waals surface area contributed by atoms with Crippen molar-refractivity contribution in [2.75, 3.05) is 37.3 Å². The Morgan fingerprint density at radius 1 is 0.766 bits per heavy atom. The number of benzene rings is 5. The number of ether oxygens (including phenoxy) is 1. The number of aliphatic hydroxyl groups is 1. The van der Waals surface area contributed by atoms with E-state index in [0.29, 0.717) is 29.7 Å². The second kappa shape index (κ2) is 22.8. The number of anilines is 1. The summed E-state index contributed by atoms with van der Waals surface area (Å²) in [5, 5.41) is 20.3. The van der Waals surface area contributed by atoms with Gasteiger partial charge < -0.3 is 37.3 Å². The van der Waals surface area contributed by atoms with E-state index in [1.807, 2.05) is 105 Å². The first-order valence-electron chi connectivity index (χ1n) is 21.1. The second-order valence-electron chi connectivity index (χ2n) is 15.9. The van der Waals surface area contributed by atoms with Gasteiger partial charge in [0.2, 0.25) is 21.8 Å². The Labute approximate surface area is 375 Å². The van der Waals surface area contributed by atoms with Gasteiger partial charge in [-0.15, -0.1) is 0 Å². The van der Waals surface area contributed by atoms with Crippen LogP contribution in [0.5, 0.6) is 0 Å². The quantitative estimate of drug-likeness (QED) is 0.0690. The Balaban J connectivity index is 0.000000320. The molecule has 1 aliphatic rings. The maximum Gasteiger partial charge on any atom is 0.251 e. The Morgan fingerprint density at radius 2 is 1.30 bits per heavy atom. The topological polar surface area (TPSA) is 223 Å². The van der Waals surface area contributed by atoms with Crippen LogP contribution in [-0.4, -0.2) is 88.4 Å². The van der Waals surface area contributed by atoms with Crippen LogP contribution in [0.25, 0.3) is 0 Å². The van der Waals surface area contributed by atoms with Crippen molar-refractivity contribution in [3.8, 4) is 0 Å². The van der Waals surface area contributed by atoms with E-state index >= 15 is 0 Å². The average molecular weight is 891 g/mol. The SMILES string of the molecule is CC(NC(=O)c1cc(C(=O)NC(Cc2ccccc2)C(O)CNCC2CCCO2)cc(N(C)S(C)(=O)=O)c1)c1ccccc1.CC(c1ccccc1)c1c(C(N)=O)cccc1C(N)=O. The highest BCUT2D eigenvalue weighted by Crippen LogP contribution is 2.30. The molecule has 0 spiro atoms. The molecule has 338 valence electrons. The van der Waals surface area contributed by atoms with Crippen LogP contribution in [0.3, 0.4) is 0 Å². The molecule has 1 fully saturated rings. The highest BCUT2D eigenvalue weighted by molar-refractivity contribution is 7.92. The maximum atomic E-state index is 13.7. The highest BCUT2D eigenvalue weighted by atomic mass is 32.2. The number of hydrogen-bond donors (Lipinski definition) is 6. The fraction of sp³-hybridized carbons (Fsp3) is 0.306. The molecule has 8 N–H and O–H groups in total. The second-order valence-corrected chi connectivity index (χ2v) is 17.9. The molecule has 5 atom stereocenters. The number of sulfonamides is 1. The summed E-state index contributed by atoms with van der Waals surface area (Å²) in [5.41, 5.74) is 15.3. The van der Waals surface area contributed by atoms with E-state index in [0.717, 1.165) is 46.7 Å². The van der Waals surface area contributed by atoms with E-state index in [9.17, 15) is 32.7 Å². The summed E-state index contributed by atoms with van der Waals surface area (Å²) in [6.45, 7) is 5.34. The molecular formula is C49H58N6O8S. The van der Waals surface area contributed by atoms with Crippen molar-refractivity contribution >= 4 is 39.3 Å². The van der Waals surface area contributed by atoms with Crippen LogP contribution in [0.15, 0.2) is 127 Å². The minimum atomic E-state index is -3.69. The summed E-state index contributed by atoms with van der Waals surface area (Å²) in [7, 11) is -2.33. The Kier molecular flexibility index (Phi) is 17.3. The first kappa shape index (κ1) is 48.6. The van der Waals surface area contributed by atoms with E-state index < -0.39 is 45.8 Å². The summed E-state index contributed by atoms with van der Waals surface area (Å²) < 4.78 is 31.5. The van der Waals surface area contributed by atoms with Gasteiger partial charge >= 0.3 is 0 Å². The number of amides is 4. The van der Waals surface area contributed by atoms with Crippen LogP contribution in [0.2, 0.25) is 0 Å². The number of primary amides is 2. The lowest BCUT2D eigenvalue weighted by molar-refractivity contribution is 0.0793. The zero-order chi connectivity index (χ0) is 46.4. The van der Waals surface area contributed by atoms with Crippen LogP contribution in [-0.2, 0) is 21.2 Å². The standard InChI is InChI=1S/C33H42N4O6S.C16H16N2O2/c1-23(25-13-8-5-9-14-25)35-32(39)26-18-27(20-28(19-26)37(2)44(3,41)42)33(40)36-30(17-24-11-6-4-7-12-24)31(38)22-34-21-29-15-10-16-43-29;1-10(11-6-3-2-4-7-11)14-12(15(17)19)8-5-9-13(14)16(18)20/h4-9,11-14,18-20,23,29-31,34,38H,10,15-17,21-22H2,1-3H3,(H,35,39)(H,36,40);2-10H,1H3,(H2,17,19)(H2,18,20). The van der Waals surface area contributed by atoms with E-state index in [1.165, 1.54) is 25.2 Å². The first-order chi connectivity index (χ1) is 30.5. The first-order valence-corrected chi connectivity index (χ1v) is 23.0. The summed E-state index contributed by atoms with van der Waals surface area (Å²) in [5.74, 6) is -2.28. The molecule has 1 aliphatic heterocycles. The number of carbonyl (C=O) groups is 4. The molecule has 15 heteroatoms. The molecule has 0 saturated carbocycles. The molecule has 64 heavy (non-hydrogen) atoms. The zero-order valence-corrected chi connectivity index (χ0v) is 37.4. The van der Waals surface area contributed by atoms with Crippen molar-refractivity contribution in [1.29, 1.82) is 0 Å². The van der Waals surface area contributed by atoms with Gasteiger partial charge in [0.1, 0.15) is 0 Å². The fourth-order valence-electron chi connectivity index (χ4n) is 7.46. The van der Waals surface area contributed by atoms with E-state index in [2.05, 4.69) is 16.0 Å². The van der Waals surface area contributed by atoms with Gasteiger partial charge in [0.25, 0.3) is 11.8 Å². The minimum absolute atomic E-state index is 0.0908. The number of carbonyl (C=O) groups excluding carboxylic acids is 4. The van der Waals surface area contributed by atoms with Gasteiger partial charge in [-0.25, -0.2) is 8.42 Å². The van der Waals surface area contributed by atoms with Crippen LogP contribution in [0.1, 0.15) is 102 Å². The molecule has 14 nitrogen and oxygen atoms in total. The van der Waals surface area contributed by atoms with Gasteiger partial charge in [-0.2, -0.15) is 0 Å². The molecule has 4 amide bonds. The molecule has 0 bridgehead atoms. The van der Waals surface area contributed by atoms with Crippen molar-refractivity contribution < 1.29 is 37.4 Å². The van der Waals surface area contributed by atoms with Gasteiger partial charge in [-0.3, -0.25) is 23.5 Å². The van der Waals surface area contributed by atoms with Gasteiger partial charge in [-0.1, -0.05) is 104 Å². The van der Waals surface area contributed by atoms with Gasteiger partial charge in [0.15, 0.2) is 0 Å². The summed E-state index contributed by atoms with van der Waals surface area (Å²) in [6, 6.07) is 36.7. The summed E-state index contributed by atoms with van der Waals surface area (Å²) in [4.78, 5) is 50.3. The number of nitrogens with zero attached hydrogens (tertiary/aromatic N) is 1. The van der Waals surface area contributed by atoms with Crippen molar-refractivity contribution in [2.45, 2.75) is 63.3 Å². The van der Waals surface area contributed by atoms with Crippen molar-refractivity contribution in [1.82, 2.24) is 16.0 Å². The third-order valence-corrected chi connectivity index (χ3v) is 12.4. The zero-order valence-electron chi connectivity index (χ0n) is 36.6. The van der Waals surface area contributed by atoms with Gasteiger partial charge in [0.05, 0.1) is 36.2 Å². The van der Waals surface area contributed by atoms with E-state index in [-0.39, 0.29) is 41.4 Å². The Bertz CT molecular complexity index is 2440. The third-order valence-electron chi connectivity index (χ3n) is 11.1. The molecule has 1 heterocycles. The molecule has 0 radical (unpaired) electrons. The number of rotatable bonds is 18. The van der Waals surface area contributed by atoms with Crippen LogP contribution in [0, 0.1) is 0 Å². The van der Waals surface area contributed by atoms with Gasteiger partial charge in [0, 0.05) is 54.9 Å². The minimum Gasteiger partial charge on any atom is -0.390 e. The largest absolute Gasteiger partial charge is 0.390 e. The van der Waals surface area contributed by atoms with Gasteiger partial charge in [-0.05, 0) is 78.8 Å². The van der Waals surface area contributed by atoms with Crippen molar-refractivity contribution in [2.24, 2.45) is 11.5 Å². The fourth-order valence-corrected chi connectivity index (χ4v) is 7.95. The lowest BCUT2D eigenvalue weighted by atomic mass is 9.85. The third kappa shape index (κ3) is 13.6. The maximum absolute atomic E-state index is 13.7. The van der Waals surface area contributed by atoms with E-state index in [4.69, 9.17) is 16.2 Å². The predicted octanol–water partition coefficient (Wildman–Crippen LogP) is 5.08. The Morgan fingerprint density at radius 3 is 1.81 bits per heavy atom. The van der Waals surface area contributed by atoms with Crippen LogP contribution < -0.4 is 31.7 Å². The van der Waals surface area contributed by atoms with Crippen molar-refractivity contribution in [3.63, 3.8) is 0 Å². The number of nitrogens with one attached hydrogen (secondary N) is 3. The van der Waals surface area contributed by atoms with Crippen molar-refractivity contribution in [3.05, 3.63) is 172 Å². The highest BCUT2D eigenvalue weighted by Gasteiger charge is 2.26. The average Bonchev–Trinajstić information content (AvgIpc) is 3.82. The smallest absolute Gasteiger partial charge is 0.251 e. The molecule has 1 saturated heterocycles. The molecule has 5 unspecified atom stereocenters.